The quantitative estimate of drug-likeness (QED) is 0.271. The number of ether oxygens (including phenoxy) is 1. The maximum atomic E-state index is 12.1. The molecule has 0 fully saturated rings. The van der Waals surface area contributed by atoms with Gasteiger partial charge in [-0.05, 0) is 67.1 Å². The molecule has 0 aliphatic heterocycles. The Morgan fingerprint density at radius 2 is 1.68 bits per heavy atom. The Morgan fingerprint density at radius 3 is 2.36 bits per heavy atom. The Kier molecular flexibility index (Phi) is 6.34. The van der Waals surface area contributed by atoms with Crippen LogP contribution in [0, 0.1) is 6.92 Å². The average Bonchev–Trinajstić information content (AvgIpc) is 2.69. The minimum Gasteiger partial charge on any atom is -0.423 e. The topological polar surface area (TPSA) is 67.8 Å². The zero-order valence-corrected chi connectivity index (χ0v) is 16.6. The summed E-state index contributed by atoms with van der Waals surface area (Å²) in [7, 11) is 0. The second-order valence-corrected chi connectivity index (χ2v) is 6.95. The van der Waals surface area contributed by atoms with Crippen molar-refractivity contribution in [3.63, 3.8) is 0 Å². The van der Waals surface area contributed by atoms with E-state index in [9.17, 15) is 9.59 Å². The van der Waals surface area contributed by atoms with E-state index in [0.29, 0.717) is 16.9 Å². The highest BCUT2D eigenvalue weighted by Gasteiger charge is 2.08. The van der Waals surface area contributed by atoms with E-state index >= 15 is 0 Å². The predicted molar refractivity (Wildman–Crippen MR) is 112 cm³/mol. The number of hydrogen-bond donors (Lipinski definition) is 1. The molecule has 0 atom stereocenters. The summed E-state index contributed by atoms with van der Waals surface area (Å²) in [5.74, 6) is -0.297. The number of benzene rings is 3. The van der Waals surface area contributed by atoms with Crippen LogP contribution in [0.2, 0.25) is 0 Å². The van der Waals surface area contributed by atoms with E-state index in [1.807, 2.05) is 25.1 Å². The third-order valence-corrected chi connectivity index (χ3v) is 4.34. The lowest BCUT2D eigenvalue weighted by Crippen LogP contribution is -2.17. The number of halogens is 1. The van der Waals surface area contributed by atoms with Gasteiger partial charge in [-0.3, -0.25) is 4.79 Å². The van der Waals surface area contributed by atoms with Crippen LogP contribution in [-0.4, -0.2) is 18.1 Å². The van der Waals surface area contributed by atoms with Crippen LogP contribution in [0.4, 0.5) is 0 Å². The first kappa shape index (κ1) is 19.5. The van der Waals surface area contributed by atoms with Gasteiger partial charge in [0.05, 0.1) is 11.8 Å². The molecule has 0 unspecified atom stereocenters. The van der Waals surface area contributed by atoms with Crippen LogP contribution in [0.25, 0.3) is 0 Å². The summed E-state index contributed by atoms with van der Waals surface area (Å²) in [5.41, 5.74) is 5.32. The van der Waals surface area contributed by atoms with Crippen molar-refractivity contribution >= 4 is 34.0 Å². The summed E-state index contributed by atoms with van der Waals surface area (Å²) in [6.07, 6.45) is 1.52. The van der Waals surface area contributed by atoms with Gasteiger partial charge in [0, 0.05) is 10.0 Å². The Balaban J connectivity index is 1.56. The lowest BCUT2D eigenvalue weighted by Gasteiger charge is -2.05. The van der Waals surface area contributed by atoms with Crippen molar-refractivity contribution in [1.29, 1.82) is 0 Å². The Labute approximate surface area is 171 Å². The van der Waals surface area contributed by atoms with Crippen molar-refractivity contribution in [2.45, 2.75) is 6.92 Å². The fourth-order valence-corrected chi connectivity index (χ4v) is 2.74. The van der Waals surface area contributed by atoms with E-state index in [0.717, 1.165) is 15.6 Å². The van der Waals surface area contributed by atoms with Crippen LogP contribution < -0.4 is 10.2 Å². The highest BCUT2D eigenvalue weighted by molar-refractivity contribution is 9.10. The number of nitrogens with one attached hydrogen (secondary N) is 1. The van der Waals surface area contributed by atoms with Crippen LogP contribution >= 0.6 is 15.9 Å². The van der Waals surface area contributed by atoms with Gasteiger partial charge in [0.25, 0.3) is 5.91 Å². The lowest BCUT2D eigenvalue weighted by molar-refractivity contribution is 0.0734. The summed E-state index contributed by atoms with van der Waals surface area (Å²) >= 11 is 3.33. The normalized spacial score (nSPS) is 10.6. The zero-order valence-electron chi connectivity index (χ0n) is 15.1. The Hall–Kier alpha value is -3.25. The molecule has 28 heavy (non-hydrogen) atoms. The molecule has 0 saturated carbocycles. The summed E-state index contributed by atoms with van der Waals surface area (Å²) in [6, 6.07) is 21.0. The number of carbonyl (C=O) groups excluding carboxylic acids is 2. The van der Waals surface area contributed by atoms with Crippen molar-refractivity contribution in [3.05, 3.63) is 99.5 Å². The number of nitrogens with zero attached hydrogens (tertiary/aromatic N) is 1. The van der Waals surface area contributed by atoms with Gasteiger partial charge in [0.1, 0.15) is 5.75 Å². The minimum atomic E-state index is -0.437. The number of rotatable bonds is 5. The molecule has 1 amide bonds. The standard InChI is InChI=1S/C22H17BrN2O3/c1-15-5-9-17(10-6-15)21(26)25-24-14-16-7-11-20(12-8-16)28-22(27)18-3-2-4-19(23)13-18/h2-14H,1H3,(H,25,26)/b24-14-. The molecule has 0 aromatic heterocycles. The average molecular weight is 437 g/mol. The molecule has 0 aliphatic carbocycles. The van der Waals surface area contributed by atoms with E-state index in [1.165, 1.54) is 6.21 Å². The molecule has 0 bridgehead atoms. The van der Waals surface area contributed by atoms with E-state index in [2.05, 4.69) is 26.5 Å². The van der Waals surface area contributed by atoms with E-state index in [4.69, 9.17) is 4.74 Å². The summed E-state index contributed by atoms with van der Waals surface area (Å²) in [5, 5.41) is 3.95. The zero-order chi connectivity index (χ0) is 19.9. The minimum absolute atomic E-state index is 0.282. The van der Waals surface area contributed by atoms with Gasteiger partial charge in [-0.15, -0.1) is 0 Å². The molecular formula is C22H17BrN2O3. The molecule has 0 aliphatic rings. The van der Waals surface area contributed by atoms with E-state index in [-0.39, 0.29) is 5.91 Å². The summed E-state index contributed by atoms with van der Waals surface area (Å²) < 4.78 is 6.15. The first-order valence-corrected chi connectivity index (χ1v) is 9.28. The molecule has 3 aromatic rings. The van der Waals surface area contributed by atoms with Crippen molar-refractivity contribution < 1.29 is 14.3 Å². The Morgan fingerprint density at radius 1 is 0.964 bits per heavy atom. The summed E-state index contributed by atoms with van der Waals surface area (Å²) in [4.78, 5) is 24.1. The maximum Gasteiger partial charge on any atom is 0.343 e. The van der Waals surface area contributed by atoms with Gasteiger partial charge in [-0.25, -0.2) is 10.2 Å². The molecule has 5 nitrogen and oxygen atoms in total. The molecule has 0 radical (unpaired) electrons. The number of amides is 1. The summed E-state index contributed by atoms with van der Waals surface area (Å²) in [6.45, 7) is 1.96. The molecule has 0 saturated heterocycles. The van der Waals surface area contributed by atoms with Crippen molar-refractivity contribution in [2.24, 2.45) is 5.10 Å². The number of esters is 1. The van der Waals surface area contributed by atoms with Crippen LogP contribution in [0.5, 0.6) is 5.75 Å². The van der Waals surface area contributed by atoms with Gasteiger partial charge in [-0.1, -0.05) is 39.7 Å². The molecule has 1 N–H and O–H groups in total. The van der Waals surface area contributed by atoms with E-state index in [1.54, 1.807) is 54.6 Å². The fraction of sp³-hybridized carbons (Fsp3) is 0.0455. The van der Waals surface area contributed by atoms with Crippen LogP contribution in [0.15, 0.2) is 82.4 Å². The second-order valence-electron chi connectivity index (χ2n) is 6.03. The predicted octanol–water partition coefficient (Wildman–Crippen LogP) is 4.74. The SMILES string of the molecule is Cc1ccc(C(=O)N/N=C\c2ccc(OC(=O)c3cccc(Br)c3)cc2)cc1. The largest absolute Gasteiger partial charge is 0.423 e. The molecule has 0 heterocycles. The molecule has 140 valence electrons. The lowest BCUT2D eigenvalue weighted by atomic mass is 10.1. The first-order chi connectivity index (χ1) is 13.5. The van der Waals surface area contributed by atoms with Crippen molar-refractivity contribution in [2.75, 3.05) is 0 Å². The third-order valence-electron chi connectivity index (χ3n) is 3.84. The highest BCUT2D eigenvalue weighted by atomic mass is 79.9. The fourth-order valence-electron chi connectivity index (χ4n) is 2.34. The van der Waals surface area contributed by atoms with Gasteiger partial charge in [-0.2, -0.15) is 5.10 Å². The van der Waals surface area contributed by atoms with Crippen LogP contribution in [0.3, 0.4) is 0 Å². The molecule has 3 aromatic carbocycles. The number of carbonyl (C=O) groups is 2. The molecular weight excluding hydrogens is 420 g/mol. The van der Waals surface area contributed by atoms with Gasteiger partial charge in [0.15, 0.2) is 0 Å². The van der Waals surface area contributed by atoms with E-state index < -0.39 is 5.97 Å². The molecule has 0 spiro atoms. The van der Waals surface area contributed by atoms with Gasteiger partial charge < -0.3 is 4.74 Å². The third kappa shape index (κ3) is 5.37. The number of hydrazone groups is 1. The first-order valence-electron chi connectivity index (χ1n) is 8.49. The number of hydrogen-bond acceptors (Lipinski definition) is 4. The van der Waals surface area contributed by atoms with Gasteiger partial charge >= 0.3 is 5.97 Å². The maximum absolute atomic E-state index is 12.1. The Bertz CT molecular complexity index is 1010. The van der Waals surface area contributed by atoms with Crippen LogP contribution in [-0.2, 0) is 0 Å². The number of aryl methyl sites for hydroxylation is 1. The van der Waals surface area contributed by atoms with Crippen molar-refractivity contribution in [3.8, 4) is 5.75 Å². The second kappa shape index (κ2) is 9.10. The molecule has 3 rings (SSSR count). The highest BCUT2D eigenvalue weighted by Crippen LogP contribution is 2.16. The van der Waals surface area contributed by atoms with Gasteiger partial charge in [0.2, 0.25) is 0 Å². The monoisotopic (exact) mass is 436 g/mol. The molecule has 6 heteroatoms. The van der Waals surface area contributed by atoms with Crippen LogP contribution in [0.1, 0.15) is 31.8 Å². The smallest absolute Gasteiger partial charge is 0.343 e. The van der Waals surface area contributed by atoms with Crippen molar-refractivity contribution in [1.82, 2.24) is 5.43 Å².